The zero-order chi connectivity index (χ0) is 15.9. The number of benzene rings is 1. The van der Waals surface area contributed by atoms with Gasteiger partial charge in [-0.05, 0) is 37.0 Å². The van der Waals surface area contributed by atoms with Gasteiger partial charge in [-0.1, -0.05) is 35.0 Å². The zero-order valence-electron chi connectivity index (χ0n) is 12.4. The van der Waals surface area contributed by atoms with Crippen molar-refractivity contribution in [2.75, 3.05) is 6.54 Å². The molecule has 2 unspecified atom stereocenters. The lowest BCUT2D eigenvalue weighted by Gasteiger charge is -2.27. The van der Waals surface area contributed by atoms with Gasteiger partial charge in [0.1, 0.15) is 5.38 Å². The fraction of sp³-hybridized carbons (Fsp3) is 0.467. The Kier molecular flexibility index (Phi) is 6.67. The molecule has 1 aromatic rings. The highest BCUT2D eigenvalue weighted by atomic mass is 79.9. The maximum absolute atomic E-state index is 11.5. The number of carbonyl (C=O) groups excluding carboxylic acids is 1. The van der Waals surface area contributed by atoms with Crippen molar-refractivity contribution in [3.8, 4) is 0 Å². The number of hydrazine groups is 1. The van der Waals surface area contributed by atoms with Gasteiger partial charge in [-0.15, -0.1) is 11.6 Å². The van der Waals surface area contributed by atoms with Crippen LogP contribution in [-0.2, 0) is 11.2 Å². The predicted octanol–water partition coefficient (Wildman–Crippen LogP) is 2.35. The minimum Gasteiger partial charge on any atom is -0.304 e. The van der Waals surface area contributed by atoms with Crippen molar-refractivity contribution in [3.63, 3.8) is 0 Å². The summed E-state index contributed by atoms with van der Waals surface area (Å²) in [4.78, 5) is 11.5. The van der Waals surface area contributed by atoms with Crippen LogP contribution in [0.1, 0.15) is 25.3 Å². The van der Waals surface area contributed by atoms with Crippen molar-refractivity contribution < 1.29 is 4.79 Å². The fourth-order valence-corrected chi connectivity index (χ4v) is 2.60. The van der Waals surface area contributed by atoms with Crippen molar-refractivity contribution in [2.45, 2.75) is 37.6 Å². The summed E-state index contributed by atoms with van der Waals surface area (Å²) in [5.41, 5.74) is 10.7. The molecule has 5 nitrogen and oxygen atoms in total. The first-order valence-corrected chi connectivity index (χ1v) is 8.55. The Morgan fingerprint density at radius 3 is 2.86 bits per heavy atom. The van der Waals surface area contributed by atoms with Gasteiger partial charge in [0.25, 0.3) is 5.91 Å². The smallest absolute Gasteiger partial charge is 0.254 e. The number of hydrogen-bond acceptors (Lipinski definition) is 4. The number of amides is 1. The Morgan fingerprint density at radius 2 is 2.18 bits per heavy atom. The third-order valence-electron chi connectivity index (χ3n) is 3.55. The molecule has 1 fully saturated rings. The van der Waals surface area contributed by atoms with Crippen molar-refractivity contribution in [1.29, 1.82) is 0 Å². The number of carbonyl (C=O) groups is 1. The standard InChI is InChI=1S/C15H20BrClN4O/c1-2-12(8-5-10-3-6-11(16)7-4-10)19-20-13-9-18-21-15(22)14(13)17/h3-4,6-7,13-14,18,20H,2,5,8-9H2,1H3,(H,21,22)/b19-12+. The number of nitrogens with zero attached hydrogens (tertiary/aromatic N) is 1. The van der Waals surface area contributed by atoms with Gasteiger partial charge in [-0.25, -0.2) is 5.43 Å². The lowest BCUT2D eigenvalue weighted by molar-refractivity contribution is -0.123. The molecule has 0 saturated carbocycles. The fourth-order valence-electron chi connectivity index (χ4n) is 2.14. The molecule has 2 rings (SSSR count). The molecule has 0 aromatic heterocycles. The first kappa shape index (κ1) is 17.2. The molecule has 7 heteroatoms. The van der Waals surface area contributed by atoms with Crippen LogP contribution < -0.4 is 16.3 Å². The molecule has 0 aliphatic carbocycles. The van der Waals surface area contributed by atoms with Crippen LogP contribution in [0.3, 0.4) is 0 Å². The molecular formula is C15H20BrClN4O. The third kappa shape index (κ3) is 4.97. The number of nitrogens with one attached hydrogen (secondary N) is 3. The molecule has 1 aromatic carbocycles. The lowest BCUT2D eigenvalue weighted by Crippen LogP contribution is -2.60. The minimum absolute atomic E-state index is 0.204. The van der Waals surface area contributed by atoms with E-state index in [0.717, 1.165) is 29.4 Å². The second kappa shape index (κ2) is 8.50. The molecule has 1 aliphatic rings. The summed E-state index contributed by atoms with van der Waals surface area (Å²) in [5, 5.41) is 3.82. The van der Waals surface area contributed by atoms with Gasteiger partial charge >= 0.3 is 0 Å². The average Bonchev–Trinajstić information content (AvgIpc) is 2.53. The number of rotatable bonds is 6. The molecule has 1 amide bonds. The molecule has 2 atom stereocenters. The molecule has 0 spiro atoms. The van der Waals surface area contributed by atoms with Gasteiger partial charge in [-0.3, -0.25) is 10.2 Å². The molecule has 0 radical (unpaired) electrons. The Bertz CT molecular complexity index is 535. The lowest BCUT2D eigenvalue weighted by atomic mass is 10.1. The van der Waals surface area contributed by atoms with Gasteiger partial charge in [0, 0.05) is 16.7 Å². The molecule has 22 heavy (non-hydrogen) atoms. The van der Waals surface area contributed by atoms with Gasteiger partial charge in [-0.2, -0.15) is 5.10 Å². The monoisotopic (exact) mass is 386 g/mol. The highest BCUT2D eigenvalue weighted by Gasteiger charge is 2.29. The van der Waals surface area contributed by atoms with Crippen LogP contribution in [0.5, 0.6) is 0 Å². The minimum atomic E-state index is -0.616. The summed E-state index contributed by atoms with van der Waals surface area (Å²) in [6.45, 7) is 2.62. The van der Waals surface area contributed by atoms with Crippen molar-refractivity contribution in [2.24, 2.45) is 5.10 Å². The van der Waals surface area contributed by atoms with E-state index in [9.17, 15) is 4.79 Å². The number of alkyl halides is 1. The largest absolute Gasteiger partial charge is 0.304 e. The third-order valence-corrected chi connectivity index (χ3v) is 4.58. The summed E-state index contributed by atoms with van der Waals surface area (Å²) in [7, 11) is 0. The molecule has 1 aliphatic heterocycles. The van der Waals surface area contributed by atoms with E-state index >= 15 is 0 Å². The van der Waals surface area contributed by atoms with E-state index in [1.807, 2.05) is 12.1 Å². The molecule has 120 valence electrons. The summed E-state index contributed by atoms with van der Waals surface area (Å²) < 4.78 is 1.08. The van der Waals surface area contributed by atoms with E-state index in [2.05, 4.69) is 56.4 Å². The van der Waals surface area contributed by atoms with Crippen molar-refractivity contribution in [3.05, 3.63) is 34.3 Å². The summed E-state index contributed by atoms with van der Waals surface area (Å²) >= 11 is 9.49. The number of aryl methyl sites for hydroxylation is 1. The van der Waals surface area contributed by atoms with Crippen LogP contribution >= 0.6 is 27.5 Å². The molecule has 0 bridgehead atoms. The Morgan fingerprint density at radius 1 is 1.45 bits per heavy atom. The maximum Gasteiger partial charge on any atom is 0.254 e. The van der Waals surface area contributed by atoms with E-state index in [0.29, 0.717) is 6.54 Å². The Balaban J connectivity index is 1.87. The number of hydrogen-bond donors (Lipinski definition) is 3. The number of hydrazone groups is 1. The van der Waals surface area contributed by atoms with Gasteiger partial charge < -0.3 is 5.43 Å². The van der Waals surface area contributed by atoms with E-state index in [-0.39, 0.29) is 11.9 Å². The normalized spacial score (nSPS) is 22.3. The second-order valence-electron chi connectivity index (χ2n) is 5.17. The van der Waals surface area contributed by atoms with Crippen molar-refractivity contribution >= 4 is 39.1 Å². The number of halogens is 2. The van der Waals surface area contributed by atoms with Crippen molar-refractivity contribution in [1.82, 2.24) is 16.3 Å². The molecule has 3 N–H and O–H groups in total. The van der Waals surface area contributed by atoms with E-state index < -0.39 is 5.38 Å². The van der Waals surface area contributed by atoms with Crippen LogP contribution in [0.25, 0.3) is 0 Å². The van der Waals surface area contributed by atoms with Crippen LogP contribution in [0.15, 0.2) is 33.8 Å². The van der Waals surface area contributed by atoms with Crippen LogP contribution in [0.4, 0.5) is 0 Å². The van der Waals surface area contributed by atoms with Crippen LogP contribution in [0.2, 0.25) is 0 Å². The average molecular weight is 388 g/mol. The highest BCUT2D eigenvalue weighted by molar-refractivity contribution is 9.10. The van der Waals surface area contributed by atoms with Gasteiger partial charge in [0.05, 0.1) is 6.04 Å². The second-order valence-corrected chi connectivity index (χ2v) is 6.55. The summed E-state index contributed by atoms with van der Waals surface area (Å²) in [6.07, 6.45) is 2.68. The predicted molar refractivity (Wildman–Crippen MR) is 92.9 cm³/mol. The first-order valence-electron chi connectivity index (χ1n) is 7.32. The SMILES string of the molecule is CC/C(CCc1ccc(Br)cc1)=N\NC1CNNC(=O)C1Cl. The topological polar surface area (TPSA) is 65.5 Å². The Labute approximate surface area is 144 Å². The zero-order valence-corrected chi connectivity index (χ0v) is 14.7. The summed E-state index contributed by atoms with van der Waals surface area (Å²) in [6, 6.07) is 8.09. The molecular weight excluding hydrogens is 368 g/mol. The highest BCUT2D eigenvalue weighted by Crippen LogP contribution is 2.12. The quantitative estimate of drug-likeness (QED) is 0.399. The van der Waals surface area contributed by atoms with Gasteiger partial charge in [0.2, 0.25) is 0 Å². The van der Waals surface area contributed by atoms with Crippen LogP contribution in [-0.4, -0.2) is 29.6 Å². The van der Waals surface area contributed by atoms with E-state index in [1.54, 1.807) is 0 Å². The molecule has 1 heterocycles. The van der Waals surface area contributed by atoms with E-state index in [4.69, 9.17) is 11.6 Å². The maximum atomic E-state index is 11.5. The van der Waals surface area contributed by atoms with E-state index in [1.165, 1.54) is 5.56 Å². The summed E-state index contributed by atoms with van der Waals surface area (Å²) in [5.74, 6) is -0.228. The Hall–Kier alpha value is -1.11. The van der Waals surface area contributed by atoms with Gasteiger partial charge in [0.15, 0.2) is 0 Å². The van der Waals surface area contributed by atoms with Crippen LogP contribution in [0, 0.1) is 0 Å². The molecule has 1 saturated heterocycles. The first-order chi connectivity index (χ1) is 10.6.